The Morgan fingerprint density at radius 3 is 1.62 bits per heavy atom. The van der Waals surface area contributed by atoms with Crippen LogP contribution in [0.3, 0.4) is 0 Å². The van der Waals surface area contributed by atoms with E-state index in [1.54, 1.807) is 6.20 Å². The summed E-state index contributed by atoms with van der Waals surface area (Å²) in [6.07, 6.45) is 21.4. The predicted octanol–water partition coefficient (Wildman–Crippen LogP) is 1.40. The van der Waals surface area contributed by atoms with Crippen molar-refractivity contribution in [2.24, 2.45) is 0 Å². The molecule has 4 rings (SSSR count). The summed E-state index contributed by atoms with van der Waals surface area (Å²) in [6, 6.07) is 5.79. The van der Waals surface area contributed by atoms with Crippen molar-refractivity contribution in [1.82, 2.24) is 19.9 Å². The number of halogens is 3. The van der Waals surface area contributed by atoms with Crippen LogP contribution in [0.5, 0.6) is 0 Å². The maximum Gasteiger partial charge on any atom is 1.05 e. The van der Waals surface area contributed by atoms with Gasteiger partial charge in [-0.2, -0.15) is 19.9 Å². The zero-order valence-corrected chi connectivity index (χ0v) is 14.5. The Hall–Kier alpha value is -2.01. The van der Waals surface area contributed by atoms with Crippen molar-refractivity contribution in [3.8, 4) is 0 Å². The second kappa shape index (κ2) is 12.4. The topological polar surface area (TPSA) is 57.2 Å². The van der Waals surface area contributed by atoms with E-state index in [4.69, 9.17) is 0 Å². The van der Waals surface area contributed by atoms with Gasteiger partial charge in [0.2, 0.25) is 0 Å². The van der Waals surface area contributed by atoms with E-state index in [0.717, 1.165) is 0 Å². The minimum Gasteiger partial charge on any atom is -0.385 e. The molecule has 3 heterocycles. The van der Waals surface area contributed by atoms with Crippen LogP contribution < -0.4 is 9.19 Å². The van der Waals surface area contributed by atoms with Crippen molar-refractivity contribution in [1.29, 1.82) is 0 Å². The van der Waals surface area contributed by atoms with Crippen LogP contribution >= 0.6 is 0 Å². The average Bonchev–Trinajstić information content (AvgIpc) is 3.38. The first kappa shape index (κ1) is 22.0. The molecule has 1 saturated carbocycles. The molecule has 0 bridgehead atoms. The van der Waals surface area contributed by atoms with Crippen molar-refractivity contribution in [3.63, 3.8) is 0 Å². The Morgan fingerprint density at radius 1 is 0.846 bits per heavy atom. The molecule has 2 N–H and O–H groups in total. The number of hydrogen-bond donors (Lipinski definition) is 2. The second-order valence-electron chi connectivity index (χ2n) is 4.60. The molecule has 3 aromatic heterocycles. The van der Waals surface area contributed by atoms with E-state index in [0.29, 0.717) is 0 Å². The molecule has 3 aromatic rings. The molecule has 1 aliphatic carbocycles. The smallest absolute Gasteiger partial charge is 0.385 e. The van der Waals surface area contributed by atoms with Crippen molar-refractivity contribution >= 4 is 7.12 Å². The van der Waals surface area contributed by atoms with Crippen molar-refractivity contribution in [3.05, 3.63) is 94.2 Å². The van der Waals surface area contributed by atoms with E-state index in [1.807, 2.05) is 95.1 Å². The molecule has 26 heavy (non-hydrogen) atoms. The average molecular weight is 407 g/mol. The number of hydrogen-bond acceptors (Lipinski definition) is 1. The summed E-state index contributed by atoms with van der Waals surface area (Å²) in [6.45, 7) is -3.08. The van der Waals surface area contributed by atoms with Gasteiger partial charge in [0.25, 0.3) is 0 Å². The molecule has 0 amide bonds. The van der Waals surface area contributed by atoms with Gasteiger partial charge >= 0.3 is 7.12 Å². The van der Waals surface area contributed by atoms with Gasteiger partial charge in [-0.05, 0) is 38.2 Å². The Bertz CT molecular complexity index is 568. The number of aromatic nitrogens is 6. The number of nitrogens with zero attached hydrogens (tertiary/aromatic N) is 4. The summed E-state index contributed by atoms with van der Waals surface area (Å²) in [4.78, 5) is 0. The van der Waals surface area contributed by atoms with Crippen LogP contribution in [0.1, 0.15) is 0 Å². The third-order valence-corrected chi connectivity index (χ3v) is 2.95. The minimum absolute atomic E-state index is 0. The Balaban J connectivity index is 0.000000283. The number of H-pyrrole nitrogens is 2. The largest absolute Gasteiger partial charge is 1.05 e. The second-order valence-corrected chi connectivity index (χ2v) is 4.60. The van der Waals surface area contributed by atoms with Crippen molar-refractivity contribution in [2.75, 3.05) is 0 Å². The normalized spacial score (nSPS) is 12.5. The standard InChI is InChI=1S/C9H9BN6.C5H5.CF3.Co/c1-4-11-14(7-1)10(15-8-2-5-12-15)16-9-3-6-13-16;1-2-4-5-3-1;2-1(3)4;/h1-9H;1-5H;;/q;;-1;/p+2. The number of nitrogens with one attached hydrogen (secondary N) is 2. The maximum absolute atomic E-state index is 9.58. The van der Waals surface area contributed by atoms with Gasteiger partial charge in [-0.1, -0.05) is 0 Å². The van der Waals surface area contributed by atoms with Gasteiger partial charge in [0.15, 0.2) is 19.1 Å². The third-order valence-electron chi connectivity index (χ3n) is 2.95. The van der Waals surface area contributed by atoms with Crippen LogP contribution in [0.4, 0.5) is 13.2 Å². The first-order valence-electron chi connectivity index (χ1n) is 7.27. The molecule has 0 aromatic carbocycles. The molecule has 6 nitrogen and oxygen atoms in total. The summed E-state index contributed by atoms with van der Waals surface area (Å²) >= 11 is 0. The minimum atomic E-state index is -3.08. The molecule has 0 unspecified atom stereocenters. The molecular formula is C15H16BCoF3N6+. The molecule has 1 aliphatic rings. The molecule has 0 saturated heterocycles. The van der Waals surface area contributed by atoms with Crippen LogP contribution in [0.25, 0.3) is 0 Å². The predicted molar refractivity (Wildman–Crippen MR) is 84.2 cm³/mol. The van der Waals surface area contributed by atoms with E-state index >= 15 is 0 Å². The van der Waals surface area contributed by atoms with Crippen molar-refractivity contribution in [2.45, 2.75) is 0 Å². The van der Waals surface area contributed by atoms with Crippen LogP contribution in [-0.4, -0.2) is 27.0 Å². The number of rotatable bonds is 3. The Labute approximate surface area is 160 Å². The maximum atomic E-state index is 9.58. The van der Waals surface area contributed by atoms with E-state index < -0.39 is 6.68 Å². The van der Waals surface area contributed by atoms with Gasteiger partial charge in [0.05, 0.1) is 12.4 Å². The molecule has 0 aliphatic heterocycles. The van der Waals surface area contributed by atoms with E-state index in [-0.39, 0.29) is 23.9 Å². The van der Waals surface area contributed by atoms with Crippen molar-refractivity contribution < 1.29 is 39.1 Å². The fourth-order valence-corrected chi connectivity index (χ4v) is 2.03. The molecule has 6 radical (unpaired) electrons. The van der Waals surface area contributed by atoms with Crippen LogP contribution in [0.15, 0.2) is 55.4 Å². The summed E-state index contributed by atoms with van der Waals surface area (Å²) in [5.41, 5.74) is 0. The molecule has 0 spiro atoms. The summed E-state index contributed by atoms with van der Waals surface area (Å²) in [7, 11) is -0.0833. The third kappa shape index (κ3) is 7.48. The zero-order valence-electron chi connectivity index (χ0n) is 13.4. The van der Waals surface area contributed by atoms with Crippen LogP contribution in [0, 0.1) is 38.8 Å². The van der Waals surface area contributed by atoms with Gasteiger partial charge < -0.3 is 13.2 Å². The fraction of sp³-hybridized carbons (Fsp3) is 0. The van der Waals surface area contributed by atoms with E-state index in [1.165, 1.54) is 0 Å². The summed E-state index contributed by atoms with van der Waals surface area (Å²) in [5.74, 6) is 0. The summed E-state index contributed by atoms with van der Waals surface area (Å²) < 4.78 is 34.5. The first-order chi connectivity index (χ1) is 12.2. The molecule has 0 atom stereocenters. The molecular weight excluding hydrogens is 391 g/mol. The monoisotopic (exact) mass is 407 g/mol. The molecule has 138 valence electrons. The quantitative estimate of drug-likeness (QED) is 0.501. The van der Waals surface area contributed by atoms with E-state index in [2.05, 4.69) is 15.3 Å². The summed E-state index contributed by atoms with van der Waals surface area (Å²) in [5, 5.41) is 10.5. The van der Waals surface area contributed by atoms with Crippen LogP contribution in [-0.2, 0) is 16.8 Å². The van der Waals surface area contributed by atoms with Gasteiger partial charge in [-0.3, -0.25) is 0 Å². The van der Waals surface area contributed by atoms with Gasteiger partial charge in [-0.25, -0.2) is 0 Å². The van der Waals surface area contributed by atoms with Gasteiger partial charge in [0, 0.05) is 41.3 Å². The Kier molecular flexibility index (Phi) is 10.5. The number of aromatic amines is 2. The SMILES string of the molecule is F[C-](F)F.[CH]1[CH][CH][CH][CH]1.[Co].c1cnn(B([n+]2ccc[nH]2)[n+]2ccc[nH]2)c1. The first-order valence-corrected chi connectivity index (χ1v) is 7.27. The van der Waals surface area contributed by atoms with Crippen LogP contribution in [0.2, 0.25) is 0 Å². The zero-order chi connectivity index (χ0) is 17.9. The van der Waals surface area contributed by atoms with Gasteiger partial charge in [-0.15, -0.1) is 9.19 Å². The Morgan fingerprint density at radius 2 is 1.31 bits per heavy atom. The van der Waals surface area contributed by atoms with Gasteiger partial charge in [0.1, 0.15) is 0 Å². The van der Waals surface area contributed by atoms with E-state index in [9.17, 15) is 13.2 Å². The molecule has 1 fully saturated rings. The molecule has 11 heteroatoms. The fourth-order valence-electron chi connectivity index (χ4n) is 2.03.